The molecule has 3 heteroatoms. The molecule has 44 valence electrons. The van der Waals surface area contributed by atoms with E-state index in [1.54, 1.807) is 0 Å². The second kappa shape index (κ2) is 2.84. The van der Waals surface area contributed by atoms with E-state index in [4.69, 9.17) is 5.90 Å². The van der Waals surface area contributed by atoms with Crippen molar-refractivity contribution in [1.82, 2.24) is 0 Å². The van der Waals surface area contributed by atoms with Gasteiger partial charge in [0.05, 0.1) is 0 Å². The first-order valence-electron chi connectivity index (χ1n) is 2.42. The van der Waals surface area contributed by atoms with E-state index in [1.165, 1.54) is 19.3 Å². The molecule has 0 aromatic heterocycles. The third-order valence-corrected chi connectivity index (χ3v) is 3.47. The fraction of sp³-hybridized carbons (Fsp3) is 1.00. The van der Waals surface area contributed by atoms with Crippen LogP contribution in [0.2, 0.25) is 0 Å². The van der Waals surface area contributed by atoms with Gasteiger partial charge in [0.15, 0.2) is 0 Å². The van der Waals surface area contributed by atoms with Crippen LogP contribution in [0.4, 0.5) is 0 Å². The Hall–Kier alpha value is 0.650. The number of alkyl halides is 1. The van der Waals surface area contributed by atoms with Crippen molar-refractivity contribution in [1.29, 1.82) is 0 Å². The van der Waals surface area contributed by atoms with Crippen molar-refractivity contribution in [2.45, 2.75) is 23.2 Å². The van der Waals surface area contributed by atoms with Gasteiger partial charge in [0.2, 0.25) is 0 Å². The Kier molecular flexibility index (Phi) is 2.34. The second-order valence-corrected chi connectivity index (χ2v) is 4.49. The first-order valence-corrected chi connectivity index (χ1v) is 4.55. The van der Waals surface area contributed by atoms with Crippen LogP contribution in [0.15, 0.2) is 0 Å². The van der Waals surface area contributed by atoms with Crippen molar-refractivity contribution >= 4 is 0 Å². The van der Waals surface area contributed by atoms with Gasteiger partial charge in [-0.3, -0.25) is 0 Å². The molecule has 0 aromatic carbocycles. The predicted molar refractivity (Wildman–Crippen MR) is 22.9 cm³/mol. The van der Waals surface area contributed by atoms with E-state index in [0.29, 0.717) is 0 Å². The maximum atomic E-state index is 4.89. The van der Waals surface area contributed by atoms with Gasteiger partial charge in [-0.2, -0.15) is 0 Å². The number of hydrogen-bond donors (Lipinski definition) is 1. The first kappa shape index (κ1) is 5.78. The quantitative estimate of drug-likeness (QED) is 0.311. The maximum absolute atomic E-state index is 4.89. The molecule has 0 aliphatic heterocycles. The molecule has 1 aliphatic carbocycles. The van der Waals surface area contributed by atoms with E-state index in [-0.39, 0.29) is 21.6 Å². The van der Waals surface area contributed by atoms with E-state index in [9.17, 15) is 0 Å². The zero-order valence-electron chi connectivity index (χ0n) is 4.06. The summed E-state index contributed by atoms with van der Waals surface area (Å²) in [4.78, 5) is 0. The molecule has 0 radical (unpaired) electrons. The van der Waals surface area contributed by atoms with E-state index >= 15 is 0 Å². The van der Waals surface area contributed by atoms with Crippen LogP contribution in [-0.2, 0) is 3.17 Å². The Balaban J connectivity index is 1.93. The van der Waals surface area contributed by atoms with Crippen LogP contribution in [0.5, 0.6) is 0 Å². The number of rotatable bonds is 2. The Morgan fingerprint density at radius 3 is 2.43 bits per heavy atom. The summed E-state index contributed by atoms with van der Waals surface area (Å²) in [5, 5.41) is 0. The van der Waals surface area contributed by atoms with Crippen molar-refractivity contribution in [3.05, 3.63) is 0 Å². The molecule has 0 bridgehead atoms. The molecule has 0 heterocycles. The fourth-order valence-electron chi connectivity index (χ4n) is 0.520. The van der Waals surface area contributed by atoms with Gasteiger partial charge >= 0.3 is 53.9 Å². The fourth-order valence-corrected chi connectivity index (χ4v) is 2.32. The standard InChI is InChI=1S/C4H9INO/c6-7-5-4-2-1-3-4/h4H,1-3,6H2/q-1. The van der Waals surface area contributed by atoms with E-state index in [0.717, 1.165) is 3.92 Å². The van der Waals surface area contributed by atoms with Gasteiger partial charge in [-0.25, -0.2) is 0 Å². The average molecular weight is 214 g/mol. The molecule has 0 atom stereocenters. The summed E-state index contributed by atoms with van der Waals surface area (Å²) in [6.07, 6.45) is 4.13. The van der Waals surface area contributed by atoms with Crippen molar-refractivity contribution in [2.24, 2.45) is 5.90 Å². The van der Waals surface area contributed by atoms with Crippen molar-refractivity contribution < 1.29 is 24.8 Å². The van der Waals surface area contributed by atoms with Gasteiger partial charge < -0.3 is 0 Å². The minimum absolute atomic E-state index is 0.0703. The summed E-state index contributed by atoms with van der Waals surface area (Å²) in [5.41, 5.74) is 0. The van der Waals surface area contributed by atoms with Crippen molar-refractivity contribution in [3.8, 4) is 0 Å². The summed E-state index contributed by atoms with van der Waals surface area (Å²) in [5.74, 6) is 4.89. The van der Waals surface area contributed by atoms with E-state index < -0.39 is 0 Å². The molecular formula is C4H9INO-. The number of halogens is 1. The molecule has 1 saturated carbocycles. The average Bonchev–Trinajstić information content (AvgIpc) is 1.55. The third kappa shape index (κ3) is 1.54. The summed E-state index contributed by atoms with van der Waals surface area (Å²) < 4.78 is 5.45. The van der Waals surface area contributed by atoms with Gasteiger partial charge in [-0.15, -0.1) is 0 Å². The van der Waals surface area contributed by atoms with Crippen LogP contribution < -0.4 is 27.5 Å². The van der Waals surface area contributed by atoms with Crippen LogP contribution in [-0.4, -0.2) is 3.92 Å². The zero-order valence-corrected chi connectivity index (χ0v) is 6.22. The SMILES string of the molecule is NO[I-]C1CCC1. The molecule has 1 aliphatic rings. The molecule has 0 unspecified atom stereocenters. The van der Waals surface area contributed by atoms with Gasteiger partial charge in [-0.05, 0) is 0 Å². The predicted octanol–water partition coefficient (Wildman–Crippen LogP) is -2.57. The number of nitrogens with two attached hydrogens (primary N) is 1. The molecule has 0 aromatic rings. The molecule has 0 amide bonds. The van der Waals surface area contributed by atoms with Crippen LogP contribution >= 0.6 is 0 Å². The second-order valence-electron chi connectivity index (χ2n) is 1.71. The molecule has 0 spiro atoms. The Labute approximate surface area is 54.2 Å². The topological polar surface area (TPSA) is 35.2 Å². The van der Waals surface area contributed by atoms with Gasteiger partial charge in [0.1, 0.15) is 0 Å². The van der Waals surface area contributed by atoms with E-state index in [1.807, 2.05) is 0 Å². The van der Waals surface area contributed by atoms with Crippen molar-refractivity contribution in [3.63, 3.8) is 0 Å². The Morgan fingerprint density at radius 2 is 2.29 bits per heavy atom. The molecule has 7 heavy (non-hydrogen) atoms. The molecule has 1 fully saturated rings. The van der Waals surface area contributed by atoms with Crippen LogP contribution in [0.25, 0.3) is 0 Å². The zero-order chi connectivity index (χ0) is 5.11. The molecule has 1 rings (SSSR count). The van der Waals surface area contributed by atoms with Crippen LogP contribution in [0, 0.1) is 0 Å². The summed E-state index contributed by atoms with van der Waals surface area (Å²) in [6, 6.07) is 0. The monoisotopic (exact) mass is 214 g/mol. The number of hydrogen-bond acceptors (Lipinski definition) is 2. The first-order chi connectivity index (χ1) is 3.43. The van der Waals surface area contributed by atoms with Crippen LogP contribution in [0.3, 0.4) is 0 Å². The normalized spacial score (nSPS) is 22.4. The van der Waals surface area contributed by atoms with Crippen molar-refractivity contribution in [2.75, 3.05) is 0 Å². The minimum atomic E-state index is -0.0703. The Bertz CT molecular complexity index is 55.7. The third-order valence-electron chi connectivity index (χ3n) is 1.21. The summed E-state index contributed by atoms with van der Waals surface area (Å²) in [7, 11) is 0. The van der Waals surface area contributed by atoms with Gasteiger partial charge in [0, 0.05) is 0 Å². The van der Waals surface area contributed by atoms with Gasteiger partial charge in [-0.1, -0.05) is 0 Å². The molecular weight excluding hydrogens is 205 g/mol. The van der Waals surface area contributed by atoms with E-state index in [2.05, 4.69) is 3.17 Å². The van der Waals surface area contributed by atoms with Crippen LogP contribution in [0.1, 0.15) is 19.3 Å². The van der Waals surface area contributed by atoms with Gasteiger partial charge in [0.25, 0.3) is 0 Å². The summed E-state index contributed by atoms with van der Waals surface area (Å²) in [6.45, 7) is 0. The Morgan fingerprint density at radius 1 is 1.57 bits per heavy atom. The summed E-state index contributed by atoms with van der Waals surface area (Å²) >= 11 is -0.0703. The molecule has 0 saturated heterocycles. The molecule has 2 nitrogen and oxygen atoms in total. The molecule has 2 N–H and O–H groups in total.